The number of fused-ring (bicyclic) bond motifs is 2. The molecule has 1 heteroatoms. The topological polar surface area (TPSA) is 20.2 Å². The molecule has 2 spiro atoms. The van der Waals surface area contributed by atoms with Crippen molar-refractivity contribution in [2.75, 3.05) is 0 Å². The SMILES string of the molecule is C=C(CCC(CC)C(C)C)C1CCC2(C)C3CCC4C(C)C(O)CCC45CC35CCC12C. The van der Waals surface area contributed by atoms with Crippen molar-refractivity contribution in [3.05, 3.63) is 12.2 Å². The molecule has 10 unspecified atom stereocenters. The Balaban J connectivity index is 1.36. The van der Waals surface area contributed by atoms with Gasteiger partial charge in [-0.1, -0.05) is 60.1 Å². The predicted octanol–water partition coefficient (Wildman–Crippen LogP) is 8.41. The van der Waals surface area contributed by atoms with Crippen LogP contribution < -0.4 is 0 Å². The van der Waals surface area contributed by atoms with E-state index in [1.165, 1.54) is 70.6 Å². The van der Waals surface area contributed by atoms with Crippen molar-refractivity contribution < 1.29 is 5.11 Å². The van der Waals surface area contributed by atoms with Crippen molar-refractivity contribution in [1.82, 2.24) is 0 Å². The number of aliphatic hydroxyl groups excluding tert-OH is 1. The first-order chi connectivity index (χ1) is 15.1. The molecule has 0 aromatic rings. The second-order valence-electron chi connectivity index (χ2n) is 14.2. The molecule has 32 heavy (non-hydrogen) atoms. The van der Waals surface area contributed by atoms with Gasteiger partial charge in [-0.25, -0.2) is 0 Å². The summed E-state index contributed by atoms with van der Waals surface area (Å²) in [6.45, 7) is 19.7. The smallest absolute Gasteiger partial charge is 0.0568 e. The van der Waals surface area contributed by atoms with Gasteiger partial charge in [0, 0.05) is 0 Å². The molecule has 1 N–H and O–H groups in total. The Bertz CT molecular complexity index is 754. The van der Waals surface area contributed by atoms with Crippen LogP contribution in [0.2, 0.25) is 0 Å². The third-order valence-corrected chi connectivity index (χ3v) is 13.5. The summed E-state index contributed by atoms with van der Waals surface area (Å²) in [5, 5.41) is 10.6. The molecule has 0 aliphatic heterocycles. The molecule has 1 nitrogen and oxygen atoms in total. The fraction of sp³-hybridized carbons (Fsp3) is 0.935. The van der Waals surface area contributed by atoms with E-state index in [4.69, 9.17) is 6.58 Å². The Labute approximate surface area is 199 Å². The van der Waals surface area contributed by atoms with Gasteiger partial charge in [-0.05, 0) is 128 Å². The van der Waals surface area contributed by atoms with E-state index in [0.29, 0.717) is 27.6 Å². The fourth-order valence-corrected chi connectivity index (χ4v) is 11.2. The van der Waals surface area contributed by atoms with E-state index < -0.39 is 0 Å². The minimum Gasteiger partial charge on any atom is -0.393 e. The summed E-state index contributed by atoms with van der Waals surface area (Å²) in [6, 6.07) is 0. The van der Waals surface area contributed by atoms with Crippen LogP contribution in [0.5, 0.6) is 0 Å². The maximum atomic E-state index is 10.6. The van der Waals surface area contributed by atoms with Gasteiger partial charge >= 0.3 is 0 Å². The van der Waals surface area contributed by atoms with Crippen molar-refractivity contribution in [3.8, 4) is 0 Å². The first-order valence-electron chi connectivity index (χ1n) is 14.4. The largest absolute Gasteiger partial charge is 0.393 e. The van der Waals surface area contributed by atoms with Crippen LogP contribution in [0.3, 0.4) is 0 Å². The molecule has 5 saturated carbocycles. The molecule has 0 saturated heterocycles. The molecule has 0 aromatic carbocycles. The van der Waals surface area contributed by atoms with Crippen LogP contribution in [0.1, 0.15) is 119 Å². The molecule has 5 aliphatic carbocycles. The molecule has 10 atom stereocenters. The lowest BCUT2D eigenvalue weighted by atomic mass is 9.43. The Morgan fingerprint density at radius 2 is 1.72 bits per heavy atom. The minimum atomic E-state index is -0.0405. The molecular formula is C31H52O. The zero-order chi connectivity index (χ0) is 23.1. The molecular weight excluding hydrogens is 388 g/mol. The van der Waals surface area contributed by atoms with Gasteiger partial charge in [0.15, 0.2) is 0 Å². The van der Waals surface area contributed by atoms with Crippen LogP contribution in [0, 0.1) is 57.2 Å². The molecule has 5 fully saturated rings. The third kappa shape index (κ3) is 2.85. The average Bonchev–Trinajstić information content (AvgIpc) is 3.33. The van der Waals surface area contributed by atoms with Gasteiger partial charge < -0.3 is 5.11 Å². The van der Waals surface area contributed by atoms with Crippen LogP contribution in [0.25, 0.3) is 0 Å². The highest BCUT2D eigenvalue weighted by atomic mass is 16.3. The van der Waals surface area contributed by atoms with E-state index in [9.17, 15) is 5.11 Å². The highest BCUT2D eigenvalue weighted by Crippen LogP contribution is 2.88. The number of aliphatic hydroxyl groups is 1. The molecule has 182 valence electrons. The lowest BCUT2D eigenvalue weighted by Crippen LogP contribution is -2.55. The van der Waals surface area contributed by atoms with Crippen molar-refractivity contribution in [2.24, 2.45) is 57.2 Å². The Hall–Kier alpha value is -0.300. The summed E-state index contributed by atoms with van der Waals surface area (Å²) >= 11 is 0. The molecule has 5 aliphatic rings. The normalized spacial score (nSPS) is 52.6. The highest BCUT2D eigenvalue weighted by molar-refractivity contribution is 5.31. The fourth-order valence-electron chi connectivity index (χ4n) is 11.2. The van der Waals surface area contributed by atoms with E-state index in [2.05, 4.69) is 41.5 Å². The van der Waals surface area contributed by atoms with Crippen molar-refractivity contribution in [2.45, 2.75) is 125 Å². The summed E-state index contributed by atoms with van der Waals surface area (Å²) in [5.74, 6) is 4.63. The predicted molar refractivity (Wildman–Crippen MR) is 135 cm³/mol. The molecule has 0 amide bonds. The zero-order valence-electron chi connectivity index (χ0n) is 22.2. The van der Waals surface area contributed by atoms with Crippen LogP contribution in [-0.2, 0) is 0 Å². The van der Waals surface area contributed by atoms with E-state index in [0.717, 1.165) is 36.0 Å². The van der Waals surface area contributed by atoms with E-state index in [1.54, 1.807) is 5.57 Å². The first kappa shape index (κ1) is 23.4. The van der Waals surface area contributed by atoms with Crippen molar-refractivity contribution in [1.29, 1.82) is 0 Å². The summed E-state index contributed by atoms with van der Waals surface area (Å²) in [7, 11) is 0. The van der Waals surface area contributed by atoms with Crippen LogP contribution in [0.4, 0.5) is 0 Å². The maximum Gasteiger partial charge on any atom is 0.0568 e. The Kier molecular flexibility index (Phi) is 5.57. The van der Waals surface area contributed by atoms with Gasteiger partial charge in [-0.15, -0.1) is 0 Å². The number of allylic oxidation sites excluding steroid dienone is 1. The maximum absolute atomic E-state index is 10.6. The van der Waals surface area contributed by atoms with Crippen LogP contribution in [0.15, 0.2) is 12.2 Å². The first-order valence-corrected chi connectivity index (χ1v) is 14.4. The van der Waals surface area contributed by atoms with Crippen molar-refractivity contribution in [3.63, 3.8) is 0 Å². The van der Waals surface area contributed by atoms with E-state index in [-0.39, 0.29) is 6.10 Å². The summed E-state index contributed by atoms with van der Waals surface area (Å²) in [4.78, 5) is 0. The summed E-state index contributed by atoms with van der Waals surface area (Å²) in [6.07, 6.45) is 16.3. The van der Waals surface area contributed by atoms with Gasteiger partial charge in [-0.3, -0.25) is 0 Å². The second-order valence-corrected chi connectivity index (χ2v) is 14.2. The molecule has 0 bridgehead atoms. The van der Waals surface area contributed by atoms with E-state index >= 15 is 0 Å². The molecule has 5 rings (SSSR count). The van der Waals surface area contributed by atoms with Gasteiger partial charge in [-0.2, -0.15) is 0 Å². The number of hydrogen-bond acceptors (Lipinski definition) is 1. The number of hydrogen-bond donors (Lipinski definition) is 1. The molecule has 0 radical (unpaired) electrons. The average molecular weight is 441 g/mol. The number of rotatable bonds is 6. The van der Waals surface area contributed by atoms with Crippen LogP contribution >= 0.6 is 0 Å². The van der Waals surface area contributed by atoms with E-state index in [1.807, 2.05) is 0 Å². The van der Waals surface area contributed by atoms with Crippen LogP contribution in [-0.4, -0.2) is 11.2 Å². The van der Waals surface area contributed by atoms with Gasteiger partial charge in [0.25, 0.3) is 0 Å². The molecule has 0 aromatic heterocycles. The highest BCUT2D eigenvalue weighted by Gasteiger charge is 2.81. The molecule has 0 heterocycles. The van der Waals surface area contributed by atoms with Gasteiger partial charge in [0.05, 0.1) is 6.10 Å². The zero-order valence-corrected chi connectivity index (χ0v) is 22.2. The van der Waals surface area contributed by atoms with Crippen molar-refractivity contribution >= 4 is 0 Å². The lowest BCUT2D eigenvalue weighted by Gasteiger charge is -2.62. The third-order valence-electron chi connectivity index (χ3n) is 13.5. The Morgan fingerprint density at radius 1 is 0.969 bits per heavy atom. The summed E-state index contributed by atoms with van der Waals surface area (Å²) in [5.41, 5.74) is 3.77. The summed E-state index contributed by atoms with van der Waals surface area (Å²) < 4.78 is 0. The minimum absolute atomic E-state index is 0.0405. The monoisotopic (exact) mass is 440 g/mol. The van der Waals surface area contributed by atoms with Gasteiger partial charge in [0.2, 0.25) is 0 Å². The standard InChI is InChI=1S/C31H52O/c1-8-23(20(2)3)10-9-21(4)24-13-15-29(7)27-12-11-25-22(5)26(32)14-16-30(25)19-31(27,30)18-17-28(24,29)6/h20,22-27,32H,4,8-19H2,1-3,5-7H3. The lowest BCUT2D eigenvalue weighted by molar-refractivity contribution is -0.136. The van der Waals surface area contributed by atoms with Gasteiger partial charge in [0.1, 0.15) is 0 Å². The quantitative estimate of drug-likeness (QED) is 0.411. The Morgan fingerprint density at radius 3 is 2.41 bits per heavy atom. The second kappa shape index (κ2) is 7.60.